The van der Waals surface area contributed by atoms with Crippen LogP contribution in [0.3, 0.4) is 0 Å². The van der Waals surface area contributed by atoms with E-state index in [4.69, 9.17) is 0 Å². The van der Waals surface area contributed by atoms with Crippen LogP contribution < -0.4 is 0 Å². The number of rotatable bonds is 6. The maximum atomic E-state index is 4.62. The van der Waals surface area contributed by atoms with E-state index in [2.05, 4.69) is 103 Å². The molecule has 0 aromatic heterocycles. The molecule has 0 aliphatic heterocycles. The van der Waals surface area contributed by atoms with E-state index in [0.29, 0.717) is 17.3 Å². The van der Waals surface area contributed by atoms with Gasteiger partial charge in [0.25, 0.3) is 0 Å². The van der Waals surface area contributed by atoms with Gasteiger partial charge < -0.3 is 0 Å². The predicted molar refractivity (Wildman–Crippen MR) is 171 cm³/mol. The van der Waals surface area contributed by atoms with E-state index in [1.165, 1.54) is 88.6 Å². The van der Waals surface area contributed by atoms with E-state index in [0.717, 1.165) is 19.3 Å². The lowest BCUT2D eigenvalue weighted by Gasteiger charge is -2.35. The summed E-state index contributed by atoms with van der Waals surface area (Å²) < 4.78 is 0. The summed E-state index contributed by atoms with van der Waals surface area (Å²) in [5.41, 5.74) is 15.1. The Morgan fingerprint density at radius 3 is 2.44 bits per heavy atom. The van der Waals surface area contributed by atoms with Crippen LogP contribution >= 0.6 is 0 Å². The smallest absolute Gasteiger partial charge is 0.00827 e. The van der Waals surface area contributed by atoms with Crippen LogP contribution in [0.4, 0.5) is 0 Å². The molecule has 5 rings (SSSR count). The molecule has 0 heterocycles. The molecular formula is C39H50. The standard InChI is InChI=1S/C39H50/c1-26-19-28(3)37(25-39(8)17-10-9-11-18-39)36(20-26)33-14-12-13-31-21-30(23-35(31)33)22-34-27(2)15-16-32(29(34)4)24-38(5,6)7/h12-16,19-21,32,34H,2,4,9-11,17-18,22-25H2,1,3,5-8H3. The second-order valence-corrected chi connectivity index (χ2v) is 14.6. The molecule has 39 heavy (non-hydrogen) atoms. The zero-order valence-corrected chi connectivity index (χ0v) is 25.6. The predicted octanol–water partition coefficient (Wildman–Crippen LogP) is 11.2. The lowest BCUT2D eigenvalue weighted by molar-refractivity contribution is 0.214. The molecule has 0 heteroatoms. The Bertz CT molecular complexity index is 1330. The second-order valence-electron chi connectivity index (χ2n) is 14.6. The van der Waals surface area contributed by atoms with Crippen molar-refractivity contribution in [3.63, 3.8) is 0 Å². The number of fused-ring (bicyclic) bond motifs is 1. The van der Waals surface area contributed by atoms with E-state index in [1.54, 1.807) is 5.56 Å². The average Bonchev–Trinajstić information content (AvgIpc) is 3.28. The summed E-state index contributed by atoms with van der Waals surface area (Å²) in [6, 6.07) is 11.9. The highest BCUT2D eigenvalue weighted by Crippen LogP contribution is 2.46. The first-order valence-corrected chi connectivity index (χ1v) is 15.4. The molecular weight excluding hydrogens is 468 g/mol. The number of aryl methyl sites for hydroxylation is 2. The molecule has 206 valence electrons. The van der Waals surface area contributed by atoms with Crippen LogP contribution in [0.1, 0.15) is 100 Å². The monoisotopic (exact) mass is 518 g/mol. The molecule has 2 aromatic carbocycles. The SMILES string of the molecule is C=C1C=CC(CC(C)(C)C)C(=C)C1CC1=Cc2cccc(-c3cc(C)cc(C)c3CC3(C)CCCCC3)c2C1. The average molecular weight is 519 g/mol. The fourth-order valence-electron chi connectivity index (χ4n) is 7.66. The highest BCUT2D eigenvalue weighted by Gasteiger charge is 2.31. The largest absolute Gasteiger partial charge is 0.0986 e. The molecule has 0 radical (unpaired) electrons. The first kappa shape index (κ1) is 27.9. The van der Waals surface area contributed by atoms with Crippen LogP contribution in [0.2, 0.25) is 0 Å². The van der Waals surface area contributed by atoms with Crippen LogP contribution in [-0.2, 0) is 12.8 Å². The van der Waals surface area contributed by atoms with Crippen LogP contribution in [0, 0.1) is 36.5 Å². The zero-order valence-electron chi connectivity index (χ0n) is 25.6. The van der Waals surface area contributed by atoms with Gasteiger partial charge in [-0.2, -0.15) is 0 Å². The third kappa shape index (κ3) is 6.11. The van der Waals surface area contributed by atoms with Gasteiger partial charge in [-0.1, -0.05) is 125 Å². The summed E-state index contributed by atoms with van der Waals surface area (Å²) in [7, 11) is 0. The van der Waals surface area contributed by atoms with Gasteiger partial charge in [0.15, 0.2) is 0 Å². The Morgan fingerprint density at radius 1 is 0.974 bits per heavy atom. The van der Waals surface area contributed by atoms with Gasteiger partial charge in [-0.15, -0.1) is 0 Å². The second kappa shape index (κ2) is 10.8. The van der Waals surface area contributed by atoms with Crippen molar-refractivity contribution in [2.24, 2.45) is 22.7 Å². The van der Waals surface area contributed by atoms with Crippen molar-refractivity contribution < 1.29 is 0 Å². The van der Waals surface area contributed by atoms with Crippen LogP contribution in [0.15, 0.2) is 72.4 Å². The summed E-state index contributed by atoms with van der Waals surface area (Å²) in [5, 5.41) is 0. The van der Waals surface area contributed by atoms with Crippen LogP contribution in [-0.4, -0.2) is 0 Å². The summed E-state index contributed by atoms with van der Waals surface area (Å²) in [4.78, 5) is 0. The number of benzene rings is 2. The fourth-order valence-corrected chi connectivity index (χ4v) is 7.66. The minimum atomic E-state index is 0.289. The Morgan fingerprint density at radius 2 is 1.72 bits per heavy atom. The molecule has 1 saturated carbocycles. The van der Waals surface area contributed by atoms with Gasteiger partial charge in [0.05, 0.1) is 0 Å². The molecule has 0 saturated heterocycles. The first-order valence-electron chi connectivity index (χ1n) is 15.4. The Balaban J connectivity index is 1.42. The number of hydrogen-bond acceptors (Lipinski definition) is 0. The molecule has 0 nitrogen and oxygen atoms in total. The first-order chi connectivity index (χ1) is 18.4. The van der Waals surface area contributed by atoms with Gasteiger partial charge in [0, 0.05) is 5.92 Å². The van der Waals surface area contributed by atoms with Crippen molar-refractivity contribution in [1.82, 2.24) is 0 Å². The molecule has 3 aliphatic carbocycles. The third-order valence-electron chi connectivity index (χ3n) is 9.76. The molecule has 0 amide bonds. The quantitative estimate of drug-likeness (QED) is 0.334. The van der Waals surface area contributed by atoms with Crippen molar-refractivity contribution in [1.29, 1.82) is 0 Å². The summed E-state index contributed by atoms with van der Waals surface area (Å²) in [5.74, 6) is 0.786. The number of allylic oxidation sites excluding steroid dienone is 5. The molecule has 2 atom stereocenters. The van der Waals surface area contributed by atoms with E-state index >= 15 is 0 Å². The summed E-state index contributed by atoms with van der Waals surface area (Å²) in [6.07, 6.45) is 18.4. The van der Waals surface area contributed by atoms with Crippen molar-refractivity contribution in [3.8, 4) is 11.1 Å². The highest BCUT2D eigenvalue weighted by atomic mass is 14.4. The normalized spacial score (nSPS) is 22.7. The van der Waals surface area contributed by atoms with Crippen molar-refractivity contribution >= 4 is 6.08 Å². The maximum Gasteiger partial charge on any atom is 0.00827 e. The van der Waals surface area contributed by atoms with Crippen LogP contribution in [0.5, 0.6) is 0 Å². The molecule has 2 aromatic rings. The van der Waals surface area contributed by atoms with E-state index in [1.807, 2.05) is 0 Å². The zero-order chi connectivity index (χ0) is 27.9. The van der Waals surface area contributed by atoms with Crippen molar-refractivity contribution in [3.05, 3.63) is 100 Å². The highest BCUT2D eigenvalue weighted by molar-refractivity contribution is 5.80. The Kier molecular flexibility index (Phi) is 7.71. The van der Waals surface area contributed by atoms with Gasteiger partial charge in [0.2, 0.25) is 0 Å². The van der Waals surface area contributed by atoms with Gasteiger partial charge >= 0.3 is 0 Å². The molecule has 3 aliphatic rings. The van der Waals surface area contributed by atoms with Crippen molar-refractivity contribution in [2.75, 3.05) is 0 Å². The van der Waals surface area contributed by atoms with Gasteiger partial charge in [0.1, 0.15) is 0 Å². The topological polar surface area (TPSA) is 0 Å². The molecule has 0 spiro atoms. The van der Waals surface area contributed by atoms with E-state index in [-0.39, 0.29) is 5.41 Å². The maximum absolute atomic E-state index is 4.62. The van der Waals surface area contributed by atoms with Crippen LogP contribution in [0.25, 0.3) is 17.2 Å². The van der Waals surface area contributed by atoms with E-state index in [9.17, 15) is 0 Å². The molecule has 0 bridgehead atoms. The van der Waals surface area contributed by atoms with Gasteiger partial charge in [-0.25, -0.2) is 0 Å². The molecule has 2 unspecified atom stereocenters. The minimum absolute atomic E-state index is 0.289. The Hall–Kier alpha value is -2.60. The Labute approximate surface area is 239 Å². The molecule has 0 N–H and O–H groups in total. The van der Waals surface area contributed by atoms with E-state index < -0.39 is 0 Å². The lowest BCUT2D eigenvalue weighted by Crippen LogP contribution is -2.23. The minimum Gasteiger partial charge on any atom is -0.0986 e. The summed E-state index contributed by atoms with van der Waals surface area (Å²) in [6.45, 7) is 23.2. The summed E-state index contributed by atoms with van der Waals surface area (Å²) >= 11 is 0. The van der Waals surface area contributed by atoms with Gasteiger partial charge in [-0.3, -0.25) is 0 Å². The number of hydrogen-bond donors (Lipinski definition) is 0. The van der Waals surface area contributed by atoms with Gasteiger partial charge in [-0.05, 0) is 108 Å². The van der Waals surface area contributed by atoms with Crippen molar-refractivity contribution in [2.45, 2.75) is 99.3 Å². The molecule has 1 fully saturated rings. The third-order valence-corrected chi connectivity index (χ3v) is 9.76. The lowest BCUT2D eigenvalue weighted by atomic mass is 9.70. The fraction of sp³-hybridized carbons (Fsp3) is 0.487.